The van der Waals surface area contributed by atoms with Gasteiger partial charge < -0.3 is 0 Å². The third-order valence-corrected chi connectivity index (χ3v) is 3.62. The minimum Gasteiger partial charge on any atom is -0.294 e. The van der Waals surface area contributed by atoms with Gasteiger partial charge in [-0.3, -0.25) is 4.79 Å². The summed E-state index contributed by atoms with van der Waals surface area (Å²) in [5.41, 5.74) is 0. The van der Waals surface area contributed by atoms with Crippen LogP contribution in [0.1, 0.15) is 25.7 Å². The van der Waals surface area contributed by atoms with Gasteiger partial charge in [-0.15, -0.1) is 11.8 Å². The molecule has 0 aromatic carbocycles. The summed E-state index contributed by atoms with van der Waals surface area (Å²) in [6.07, 6.45) is 11.3. The summed E-state index contributed by atoms with van der Waals surface area (Å²) < 4.78 is 0. The monoisotopic (exact) mass is 194 g/mol. The molecule has 0 fully saturated rings. The maximum Gasteiger partial charge on any atom is 0.166 e. The molecule has 2 heteroatoms. The molecule has 2 rings (SSSR count). The second-order valence-electron chi connectivity index (χ2n) is 3.69. The molecule has 0 saturated heterocycles. The normalized spacial score (nSPS) is 27.8. The van der Waals surface area contributed by atoms with Gasteiger partial charge in [0.05, 0.1) is 5.75 Å². The Hall–Kier alpha value is -0.500. The average molecular weight is 194 g/mol. The summed E-state index contributed by atoms with van der Waals surface area (Å²) >= 11 is 1.72. The van der Waals surface area contributed by atoms with Crippen molar-refractivity contribution >= 4 is 17.5 Å². The predicted molar refractivity (Wildman–Crippen MR) is 56.6 cm³/mol. The highest BCUT2D eigenvalue weighted by atomic mass is 32.2. The molecule has 1 nitrogen and oxygen atoms in total. The third-order valence-electron chi connectivity index (χ3n) is 2.54. The van der Waals surface area contributed by atoms with Crippen molar-refractivity contribution in [1.82, 2.24) is 0 Å². The van der Waals surface area contributed by atoms with Crippen LogP contribution in [0, 0.1) is 5.92 Å². The van der Waals surface area contributed by atoms with E-state index >= 15 is 0 Å². The zero-order valence-corrected chi connectivity index (χ0v) is 8.48. The van der Waals surface area contributed by atoms with Gasteiger partial charge in [0, 0.05) is 0 Å². The Morgan fingerprint density at radius 2 is 2.46 bits per heavy atom. The fourth-order valence-corrected chi connectivity index (χ4v) is 2.81. The molecule has 13 heavy (non-hydrogen) atoms. The van der Waals surface area contributed by atoms with Crippen molar-refractivity contribution in [2.75, 3.05) is 5.75 Å². The number of ketones is 1. The molecule has 0 radical (unpaired) electrons. The van der Waals surface area contributed by atoms with Crippen molar-refractivity contribution in [2.45, 2.75) is 25.7 Å². The Morgan fingerprint density at radius 1 is 1.54 bits per heavy atom. The SMILES string of the molecule is O=C1C=C(CC2C=CCCC2)SC1. The highest BCUT2D eigenvalue weighted by Crippen LogP contribution is 2.32. The van der Waals surface area contributed by atoms with Crippen LogP contribution in [0.3, 0.4) is 0 Å². The molecule has 0 amide bonds. The minimum atomic E-state index is 0.291. The van der Waals surface area contributed by atoms with Gasteiger partial charge in [-0.2, -0.15) is 0 Å². The van der Waals surface area contributed by atoms with E-state index in [0.717, 1.165) is 6.42 Å². The molecule has 1 atom stereocenters. The molecule has 1 aliphatic carbocycles. The lowest BCUT2D eigenvalue weighted by Gasteiger charge is -2.15. The van der Waals surface area contributed by atoms with Crippen LogP contribution >= 0.6 is 11.8 Å². The molecule has 0 N–H and O–H groups in total. The first-order valence-corrected chi connectivity index (χ1v) is 5.86. The topological polar surface area (TPSA) is 17.1 Å². The van der Waals surface area contributed by atoms with Gasteiger partial charge in [-0.1, -0.05) is 12.2 Å². The van der Waals surface area contributed by atoms with Crippen molar-refractivity contribution in [3.8, 4) is 0 Å². The minimum absolute atomic E-state index is 0.291. The average Bonchev–Trinajstić information content (AvgIpc) is 2.53. The number of thioether (sulfide) groups is 1. The summed E-state index contributed by atoms with van der Waals surface area (Å²) in [7, 11) is 0. The molecule has 0 saturated carbocycles. The first kappa shape index (κ1) is 9.07. The van der Waals surface area contributed by atoms with E-state index in [0.29, 0.717) is 17.5 Å². The van der Waals surface area contributed by atoms with Crippen molar-refractivity contribution in [2.24, 2.45) is 5.92 Å². The molecule has 0 spiro atoms. The van der Waals surface area contributed by atoms with E-state index < -0.39 is 0 Å². The highest BCUT2D eigenvalue weighted by Gasteiger charge is 2.16. The maximum absolute atomic E-state index is 11.0. The highest BCUT2D eigenvalue weighted by molar-refractivity contribution is 8.04. The van der Waals surface area contributed by atoms with Crippen molar-refractivity contribution in [3.63, 3.8) is 0 Å². The largest absolute Gasteiger partial charge is 0.294 e. The Balaban J connectivity index is 1.90. The summed E-state index contributed by atoms with van der Waals surface area (Å²) in [6.45, 7) is 0. The van der Waals surface area contributed by atoms with E-state index in [2.05, 4.69) is 12.2 Å². The lowest BCUT2D eigenvalue weighted by Crippen LogP contribution is -2.00. The van der Waals surface area contributed by atoms with Crippen molar-refractivity contribution in [1.29, 1.82) is 0 Å². The van der Waals surface area contributed by atoms with Gasteiger partial charge in [-0.05, 0) is 42.6 Å². The van der Waals surface area contributed by atoms with Crippen LogP contribution in [-0.4, -0.2) is 11.5 Å². The summed E-state index contributed by atoms with van der Waals surface area (Å²) in [5, 5.41) is 0. The second kappa shape index (κ2) is 4.14. The molecule has 70 valence electrons. The van der Waals surface area contributed by atoms with Gasteiger partial charge in [-0.25, -0.2) is 0 Å². The van der Waals surface area contributed by atoms with Gasteiger partial charge in [0.15, 0.2) is 5.78 Å². The number of allylic oxidation sites excluding steroid dienone is 4. The Kier molecular flexibility index (Phi) is 2.89. The number of carbonyl (C=O) groups excluding carboxylic acids is 1. The van der Waals surface area contributed by atoms with E-state index in [1.807, 2.05) is 6.08 Å². The quantitative estimate of drug-likeness (QED) is 0.629. The fraction of sp³-hybridized carbons (Fsp3) is 0.545. The van der Waals surface area contributed by atoms with Gasteiger partial charge >= 0.3 is 0 Å². The third kappa shape index (κ3) is 2.47. The maximum atomic E-state index is 11.0. The second-order valence-corrected chi connectivity index (χ2v) is 4.79. The summed E-state index contributed by atoms with van der Waals surface area (Å²) in [5.74, 6) is 1.66. The molecule has 1 aliphatic heterocycles. The molecule has 0 aromatic heterocycles. The fourth-order valence-electron chi connectivity index (χ4n) is 1.86. The first-order valence-electron chi connectivity index (χ1n) is 4.87. The smallest absolute Gasteiger partial charge is 0.166 e. The number of carbonyl (C=O) groups is 1. The molecule has 0 bridgehead atoms. The standard InChI is InChI=1S/C11H14OS/c12-10-7-11(13-8-10)6-9-4-2-1-3-5-9/h2,4,7,9H,1,3,5-6,8H2. The van der Waals surface area contributed by atoms with E-state index in [4.69, 9.17) is 0 Å². The van der Waals surface area contributed by atoms with Crippen molar-refractivity contribution < 1.29 is 4.79 Å². The lowest BCUT2D eigenvalue weighted by atomic mass is 9.93. The Bertz CT molecular complexity index is 265. The summed E-state index contributed by atoms with van der Waals surface area (Å²) in [6, 6.07) is 0. The van der Waals surface area contributed by atoms with Crippen LogP contribution in [-0.2, 0) is 4.79 Å². The number of hydrogen-bond donors (Lipinski definition) is 0. The van der Waals surface area contributed by atoms with Gasteiger partial charge in [0.2, 0.25) is 0 Å². The number of hydrogen-bond acceptors (Lipinski definition) is 2. The predicted octanol–water partition coefficient (Wildman–Crippen LogP) is 2.93. The van der Waals surface area contributed by atoms with E-state index in [-0.39, 0.29) is 0 Å². The summed E-state index contributed by atoms with van der Waals surface area (Å²) in [4.78, 5) is 12.3. The van der Waals surface area contributed by atoms with Crippen molar-refractivity contribution in [3.05, 3.63) is 23.1 Å². The Morgan fingerprint density at radius 3 is 3.08 bits per heavy atom. The molecule has 0 aromatic rings. The molecule has 1 heterocycles. The molecule has 2 aliphatic rings. The van der Waals surface area contributed by atoms with E-state index in [9.17, 15) is 4.79 Å². The van der Waals surface area contributed by atoms with E-state index in [1.165, 1.54) is 24.2 Å². The molecule has 1 unspecified atom stereocenters. The number of rotatable bonds is 2. The first-order chi connectivity index (χ1) is 6.34. The zero-order valence-electron chi connectivity index (χ0n) is 7.66. The zero-order chi connectivity index (χ0) is 9.10. The lowest BCUT2D eigenvalue weighted by molar-refractivity contribution is -0.112. The van der Waals surface area contributed by atoms with Gasteiger partial charge in [0.1, 0.15) is 0 Å². The molecular weight excluding hydrogens is 180 g/mol. The van der Waals surface area contributed by atoms with Crippen LogP contribution in [0.25, 0.3) is 0 Å². The van der Waals surface area contributed by atoms with Crippen LogP contribution < -0.4 is 0 Å². The van der Waals surface area contributed by atoms with Crippen LogP contribution in [0.4, 0.5) is 0 Å². The van der Waals surface area contributed by atoms with Crippen LogP contribution in [0.2, 0.25) is 0 Å². The Labute approximate surface area is 83.3 Å². The van der Waals surface area contributed by atoms with Gasteiger partial charge in [0.25, 0.3) is 0 Å². The molecular formula is C11H14OS. The van der Waals surface area contributed by atoms with E-state index in [1.54, 1.807) is 11.8 Å². The van der Waals surface area contributed by atoms with Crippen LogP contribution in [0.5, 0.6) is 0 Å². The van der Waals surface area contributed by atoms with Crippen LogP contribution in [0.15, 0.2) is 23.1 Å².